The molecule has 2 aromatic heterocycles. The molecule has 0 saturated carbocycles. The molecule has 0 radical (unpaired) electrons. The number of aromatic amines is 1. The average Bonchev–Trinajstić information content (AvgIpc) is 3.21. The lowest BCUT2D eigenvalue weighted by Gasteiger charge is -2.13. The summed E-state index contributed by atoms with van der Waals surface area (Å²) in [7, 11) is 3.60. The van der Waals surface area contributed by atoms with Crippen LogP contribution in [0.3, 0.4) is 0 Å². The van der Waals surface area contributed by atoms with Gasteiger partial charge in [-0.25, -0.2) is 4.98 Å². The number of anilines is 4. The predicted molar refractivity (Wildman–Crippen MR) is 130 cm³/mol. The Bertz CT molecular complexity index is 1320. The molecule has 0 aliphatic carbocycles. The van der Waals surface area contributed by atoms with E-state index in [1.54, 1.807) is 61.7 Å². The number of amides is 2. The highest BCUT2D eigenvalue weighted by atomic mass is 35.5. The number of H-pyrrole nitrogens is 1. The van der Waals surface area contributed by atoms with E-state index in [1.807, 2.05) is 18.2 Å². The molecule has 9 nitrogen and oxygen atoms in total. The van der Waals surface area contributed by atoms with Crippen molar-refractivity contribution >= 4 is 57.2 Å². The van der Waals surface area contributed by atoms with Crippen molar-refractivity contribution in [2.24, 2.45) is 0 Å². The van der Waals surface area contributed by atoms with Crippen molar-refractivity contribution in [3.63, 3.8) is 0 Å². The number of pyridine rings is 1. The van der Waals surface area contributed by atoms with Crippen molar-refractivity contribution in [2.45, 2.75) is 0 Å². The lowest BCUT2D eigenvalue weighted by atomic mass is 10.2. The number of benzene rings is 2. The molecule has 0 aliphatic rings. The smallest absolute Gasteiger partial charge is 0.259 e. The summed E-state index contributed by atoms with van der Waals surface area (Å²) >= 11 is 6.20. The van der Waals surface area contributed by atoms with Crippen molar-refractivity contribution in [3.05, 3.63) is 71.5 Å². The maximum atomic E-state index is 13.0. The van der Waals surface area contributed by atoms with E-state index in [4.69, 9.17) is 11.6 Å². The van der Waals surface area contributed by atoms with E-state index in [2.05, 4.69) is 31.1 Å². The summed E-state index contributed by atoms with van der Waals surface area (Å²) in [5, 5.41) is 17.1. The summed E-state index contributed by atoms with van der Waals surface area (Å²) in [5.74, 6) is -0.163. The van der Waals surface area contributed by atoms with Crippen LogP contribution in [0.4, 0.5) is 22.9 Å². The van der Waals surface area contributed by atoms with Gasteiger partial charge in [-0.1, -0.05) is 11.6 Å². The molecule has 0 spiro atoms. The van der Waals surface area contributed by atoms with Crippen LogP contribution in [0.5, 0.6) is 0 Å². The minimum Gasteiger partial charge on any atom is -0.340 e. The lowest BCUT2D eigenvalue weighted by molar-refractivity contribution is -0.116. The van der Waals surface area contributed by atoms with Crippen LogP contribution in [-0.4, -0.2) is 52.5 Å². The van der Waals surface area contributed by atoms with Crippen LogP contribution in [0.1, 0.15) is 10.4 Å². The van der Waals surface area contributed by atoms with E-state index in [0.29, 0.717) is 27.8 Å². The SMILES string of the molecule is CN(C)CC(=O)Nc1cc(Cl)cc(NC(=O)c2cccnc2Nc2ccc3cn[nH]c3c2)c1. The normalized spacial score (nSPS) is 10.9. The van der Waals surface area contributed by atoms with Crippen molar-refractivity contribution in [3.8, 4) is 0 Å². The van der Waals surface area contributed by atoms with Crippen molar-refractivity contribution in [1.82, 2.24) is 20.1 Å². The molecule has 0 unspecified atom stereocenters. The fourth-order valence-electron chi connectivity index (χ4n) is 3.26. The van der Waals surface area contributed by atoms with E-state index in [-0.39, 0.29) is 18.4 Å². The lowest BCUT2D eigenvalue weighted by Crippen LogP contribution is -2.27. The Kier molecular flexibility index (Phi) is 6.53. The summed E-state index contributed by atoms with van der Waals surface area (Å²) < 4.78 is 0. The maximum absolute atomic E-state index is 13.0. The number of hydrogen-bond acceptors (Lipinski definition) is 6. The third kappa shape index (κ3) is 5.65. The number of carbonyl (C=O) groups excluding carboxylic acids is 2. The summed E-state index contributed by atoms with van der Waals surface area (Å²) in [4.78, 5) is 31.2. The molecular weight excluding hydrogens is 442 g/mol. The highest BCUT2D eigenvalue weighted by Gasteiger charge is 2.14. The predicted octanol–water partition coefficient (Wildman–Crippen LogP) is 4.11. The quantitative estimate of drug-likeness (QED) is 0.328. The Labute approximate surface area is 195 Å². The monoisotopic (exact) mass is 463 g/mol. The second kappa shape index (κ2) is 9.68. The Hall–Kier alpha value is -3.95. The first-order valence-corrected chi connectivity index (χ1v) is 10.5. The molecule has 0 saturated heterocycles. The van der Waals surface area contributed by atoms with Crippen LogP contribution < -0.4 is 16.0 Å². The molecule has 2 amide bonds. The van der Waals surface area contributed by atoms with Gasteiger partial charge in [-0.2, -0.15) is 5.10 Å². The van der Waals surface area contributed by atoms with Crippen LogP contribution in [0.15, 0.2) is 60.9 Å². The molecule has 0 bridgehead atoms. The highest BCUT2D eigenvalue weighted by Crippen LogP contribution is 2.25. The number of fused-ring (bicyclic) bond motifs is 1. The fourth-order valence-corrected chi connectivity index (χ4v) is 3.49. The number of nitrogens with zero attached hydrogens (tertiary/aromatic N) is 3. The van der Waals surface area contributed by atoms with E-state index in [0.717, 1.165) is 16.6 Å². The van der Waals surface area contributed by atoms with Gasteiger partial charge in [0.15, 0.2) is 0 Å². The average molecular weight is 464 g/mol. The van der Waals surface area contributed by atoms with Gasteiger partial charge in [-0.3, -0.25) is 14.7 Å². The number of carbonyl (C=O) groups is 2. The van der Waals surface area contributed by atoms with Crippen LogP contribution in [0.25, 0.3) is 10.9 Å². The Morgan fingerprint density at radius 2 is 1.82 bits per heavy atom. The van der Waals surface area contributed by atoms with E-state index in [1.165, 1.54) is 0 Å². The highest BCUT2D eigenvalue weighted by molar-refractivity contribution is 6.31. The molecule has 0 aliphatic heterocycles. The number of likely N-dealkylation sites (N-methyl/N-ethyl adjacent to an activating group) is 1. The van der Waals surface area contributed by atoms with Crippen LogP contribution in [0.2, 0.25) is 5.02 Å². The third-order valence-electron chi connectivity index (χ3n) is 4.66. The first-order valence-electron chi connectivity index (χ1n) is 10.1. The van der Waals surface area contributed by atoms with Crippen molar-refractivity contribution < 1.29 is 9.59 Å². The van der Waals surface area contributed by atoms with Crippen LogP contribution in [-0.2, 0) is 4.79 Å². The first-order chi connectivity index (χ1) is 15.9. The maximum Gasteiger partial charge on any atom is 0.259 e. The molecule has 0 atom stereocenters. The van der Waals surface area contributed by atoms with Gasteiger partial charge in [-0.15, -0.1) is 0 Å². The zero-order valence-electron chi connectivity index (χ0n) is 18.0. The molecule has 0 fully saturated rings. The van der Waals surface area contributed by atoms with E-state index >= 15 is 0 Å². The summed E-state index contributed by atoms with van der Waals surface area (Å²) in [6, 6.07) is 13.9. The van der Waals surface area contributed by atoms with Gasteiger partial charge >= 0.3 is 0 Å². The molecule has 2 heterocycles. The zero-order chi connectivity index (χ0) is 23.4. The van der Waals surface area contributed by atoms with Crippen LogP contribution in [0, 0.1) is 0 Å². The van der Waals surface area contributed by atoms with Crippen LogP contribution >= 0.6 is 11.6 Å². The summed E-state index contributed by atoms with van der Waals surface area (Å²) in [6.45, 7) is 0.225. The van der Waals surface area contributed by atoms with Crippen molar-refractivity contribution in [1.29, 1.82) is 0 Å². The minimum absolute atomic E-state index is 0.187. The zero-order valence-corrected chi connectivity index (χ0v) is 18.8. The summed E-state index contributed by atoms with van der Waals surface area (Å²) in [6.07, 6.45) is 3.34. The standard InChI is InChI=1S/C23H22ClN7O2/c1-31(2)13-21(32)27-17-8-15(24)9-18(10-17)29-23(33)19-4-3-7-25-22(19)28-16-6-5-14-12-26-30-20(14)11-16/h3-12H,13H2,1-2H3,(H,25,28)(H,26,30)(H,27,32)(H,29,33). The molecule has 4 aromatic rings. The van der Waals surface area contributed by atoms with Gasteiger partial charge in [-0.05, 0) is 62.6 Å². The largest absolute Gasteiger partial charge is 0.340 e. The number of rotatable bonds is 7. The molecule has 33 heavy (non-hydrogen) atoms. The molecule has 10 heteroatoms. The first kappa shape index (κ1) is 22.3. The second-order valence-electron chi connectivity index (χ2n) is 7.67. The second-order valence-corrected chi connectivity index (χ2v) is 8.10. The molecule has 4 N–H and O–H groups in total. The molecular formula is C23H22ClN7O2. The fraction of sp³-hybridized carbons (Fsp3) is 0.130. The Morgan fingerprint density at radius 3 is 2.61 bits per heavy atom. The van der Waals surface area contributed by atoms with E-state index < -0.39 is 0 Å². The van der Waals surface area contributed by atoms with Crippen molar-refractivity contribution in [2.75, 3.05) is 36.6 Å². The summed E-state index contributed by atoms with van der Waals surface area (Å²) in [5.41, 5.74) is 2.90. The van der Waals surface area contributed by atoms with Gasteiger partial charge in [0.25, 0.3) is 5.91 Å². The van der Waals surface area contributed by atoms with Gasteiger partial charge in [0.2, 0.25) is 5.91 Å². The van der Waals surface area contributed by atoms with Gasteiger partial charge in [0.1, 0.15) is 5.82 Å². The molecule has 2 aromatic carbocycles. The minimum atomic E-state index is -0.374. The van der Waals surface area contributed by atoms with Gasteiger partial charge in [0.05, 0.1) is 23.8 Å². The topological polar surface area (TPSA) is 115 Å². The molecule has 168 valence electrons. The number of halogens is 1. The Balaban J connectivity index is 1.52. The Morgan fingerprint density at radius 1 is 1.03 bits per heavy atom. The third-order valence-corrected chi connectivity index (χ3v) is 4.87. The van der Waals surface area contributed by atoms with Gasteiger partial charge in [0, 0.05) is 33.7 Å². The number of hydrogen-bond donors (Lipinski definition) is 4. The molecule has 4 rings (SSSR count). The number of aromatic nitrogens is 3. The number of nitrogens with one attached hydrogen (secondary N) is 4. The van der Waals surface area contributed by atoms with E-state index in [9.17, 15) is 9.59 Å². The van der Waals surface area contributed by atoms with Gasteiger partial charge < -0.3 is 20.9 Å².